The number of nitrogens with one attached hydrogen (secondary N) is 2. The molecule has 0 spiro atoms. The van der Waals surface area contributed by atoms with Gasteiger partial charge in [0, 0.05) is 17.1 Å². The fourth-order valence-corrected chi connectivity index (χ4v) is 2.09. The maximum atomic E-state index is 12.4. The number of amides is 2. The van der Waals surface area contributed by atoms with E-state index in [2.05, 4.69) is 20.5 Å². The highest BCUT2D eigenvalue weighted by atomic mass is 35.5. The lowest BCUT2D eigenvalue weighted by Crippen LogP contribution is -2.28. The van der Waals surface area contributed by atoms with Gasteiger partial charge in [-0.15, -0.1) is 0 Å². The van der Waals surface area contributed by atoms with Crippen LogP contribution in [0, 0.1) is 13.8 Å². The minimum absolute atomic E-state index is 0.0438. The molecule has 0 saturated carbocycles. The van der Waals surface area contributed by atoms with Crippen molar-refractivity contribution in [1.29, 1.82) is 0 Å². The number of ether oxygens (including phenoxy) is 1. The van der Waals surface area contributed by atoms with Crippen LogP contribution in [0.1, 0.15) is 17.0 Å². The number of nitrogens with zero attached hydrogens (tertiary/aromatic N) is 1. The average molecular weight is 346 g/mol. The lowest BCUT2D eigenvalue weighted by Gasteiger charge is -2.12. The molecule has 0 aliphatic heterocycles. The SMILES string of the molecule is Cc1noc(C)c1NC(=O)NCc1cc(Cl)ccc1OC(F)F. The van der Waals surface area contributed by atoms with Gasteiger partial charge in [0.2, 0.25) is 0 Å². The van der Waals surface area contributed by atoms with Crippen LogP contribution in [-0.4, -0.2) is 17.8 Å². The highest BCUT2D eigenvalue weighted by molar-refractivity contribution is 6.30. The van der Waals surface area contributed by atoms with Crippen LogP contribution in [0.15, 0.2) is 22.7 Å². The van der Waals surface area contributed by atoms with Crippen LogP contribution in [0.25, 0.3) is 0 Å². The molecule has 0 saturated heterocycles. The quantitative estimate of drug-likeness (QED) is 0.862. The van der Waals surface area contributed by atoms with Gasteiger partial charge in [0.25, 0.3) is 0 Å². The molecule has 0 bridgehead atoms. The van der Waals surface area contributed by atoms with E-state index in [9.17, 15) is 13.6 Å². The average Bonchev–Trinajstić information content (AvgIpc) is 2.79. The van der Waals surface area contributed by atoms with Gasteiger partial charge in [0.1, 0.15) is 17.1 Å². The summed E-state index contributed by atoms with van der Waals surface area (Å²) in [7, 11) is 0. The Bertz CT molecular complexity index is 687. The van der Waals surface area contributed by atoms with E-state index in [4.69, 9.17) is 16.1 Å². The first kappa shape index (κ1) is 17.0. The summed E-state index contributed by atoms with van der Waals surface area (Å²) in [6.45, 7) is 0.322. The molecule has 2 aromatic rings. The van der Waals surface area contributed by atoms with Gasteiger partial charge in [-0.25, -0.2) is 4.79 Å². The van der Waals surface area contributed by atoms with Gasteiger partial charge in [-0.3, -0.25) is 0 Å². The van der Waals surface area contributed by atoms with Crippen molar-refractivity contribution in [3.63, 3.8) is 0 Å². The highest BCUT2D eigenvalue weighted by Gasteiger charge is 2.14. The number of aromatic nitrogens is 1. The number of benzene rings is 1. The van der Waals surface area contributed by atoms with E-state index < -0.39 is 12.6 Å². The van der Waals surface area contributed by atoms with Crippen LogP contribution in [-0.2, 0) is 6.54 Å². The van der Waals surface area contributed by atoms with Crippen molar-refractivity contribution < 1.29 is 22.8 Å². The zero-order chi connectivity index (χ0) is 17.0. The van der Waals surface area contributed by atoms with Gasteiger partial charge in [0.15, 0.2) is 5.76 Å². The van der Waals surface area contributed by atoms with E-state index in [1.165, 1.54) is 18.2 Å². The maximum Gasteiger partial charge on any atom is 0.387 e. The van der Waals surface area contributed by atoms with E-state index in [1.807, 2.05) is 0 Å². The lowest BCUT2D eigenvalue weighted by atomic mass is 10.2. The molecule has 0 aliphatic carbocycles. The van der Waals surface area contributed by atoms with Crippen LogP contribution in [0.3, 0.4) is 0 Å². The fraction of sp³-hybridized carbons (Fsp3) is 0.286. The summed E-state index contributed by atoms with van der Waals surface area (Å²) in [6.07, 6.45) is 0. The molecule has 23 heavy (non-hydrogen) atoms. The van der Waals surface area contributed by atoms with Gasteiger partial charge in [-0.05, 0) is 32.0 Å². The highest BCUT2D eigenvalue weighted by Crippen LogP contribution is 2.24. The maximum absolute atomic E-state index is 12.4. The zero-order valence-corrected chi connectivity index (χ0v) is 13.1. The molecule has 6 nitrogen and oxygen atoms in total. The van der Waals surface area contributed by atoms with Crippen molar-refractivity contribution in [2.45, 2.75) is 27.0 Å². The molecule has 2 amide bonds. The van der Waals surface area contributed by atoms with Crippen molar-refractivity contribution in [3.05, 3.63) is 40.2 Å². The van der Waals surface area contributed by atoms with Crippen molar-refractivity contribution in [2.75, 3.05) is 5.32 Å². The number of hydrogen-bond acceptors (Lipinski definition) is 4. The minimum atomic E-state index is -2.97. The first-order valence-corrected chi connectivity index (χ1v) is 6.95. The van der Waals surface area contributed by atoms with Crippen LogP contribution in [0.4, 0.5) is 19.3 Å². The van der Waals surface area contributed by atoms with Crippen LogP contribution >= 0.6 is 11.6 Å². The molecule has 0 unspecified atom stereocenters. The predicted octanol–water partition coefficient (Wildman–Crippen LogP) is 3.87. The number of anilines is 1. The van der Waals surface area contributed by atoms with Crippen LogP contribution < -0.4 is 15.4 Å². The van der Waals surface area contributed by atoms with Gasteiger partial charge in [-0.1, -0.05) is 16.8 Å². The molecule has 2 rings (SSSR count). The third-order valence-corrected chi connectivity index (χ3v) is 3.18. The second-order valence-electron chi connectivity index (χ2n) is 4.64. The molecule has 1 aromatic heterocycles. The number of rotatable bonds is 5. The molecular formula is C14H14ClF2N3O3. The molecular weight excluding hydrogens is 332 g/mol. The normalized spacial score (nSPS) is 10.7. The molecule has 1 heterocycles. The van der Waals surface area contributed by atoms with E-state index in [0.29, 0.717) is 27.7 Å². The van der Waals surface area contributed by atoms with Crippen molar-refractivity contribution in [3.8, 4) is 5.75 Å². The summed E-state index contributed by atoms with van der Waals surface area (Å²) < 4.78 is 34.0. The summed E-state index contributed by atoms with van der Waals surface area (Å²) in [5, 5.41) is 9.15. The number of carbonyl (C=O) groups excluding carboxylic acids is 1. The van der Waals surface area contributed by atoms with Gasteiger partial charge < -0.3 is 19.9 Å². The van der Waals surface area contributed by atoms with Crippen molar-refractivity contribution >= 4 is 23.3 Å². The number of halogens is 3. The van der Waals surface area contributed by atoms with E-state index in [1.54, 1.807) is 13.8 Å². The Balaban J connectivity index is 2.02. The summed E-state index contributed by atoms with van der Waals surface area (Å²) in [6, 6.07) is 3.64. The Morgan fingerprint density at radius 2 is 2.17 bits per heavy atom. The molecule has 0 fully saturated rings. The molecule has 124 valence electrons. The Morgan fingerprint density at radius 1 is 1.43 bits per heavy atom. The first-order valence-electron chi connectivity index (χ1n) is 6.57. The van der Waals surface area contributed by atoms with E-state index >= 15 is 0 Å². The van der Waals surface area contributed by atoms with Crippen LogP contribution in [0.5, 0.6) is 5.75 Å². The van der Waals surface area contributed by atoms with Crippen molar-refractivity contribution in [1.82, 2.24) is 10.5 Å². The lowest BCUT2D eigenvalue weighted by molar-refractivity contribution is -0.0504. The predicted molar refractivity (Wildman–Crippen MR) is 79.9 cm³/mol. The van der Waals surface area contributed by atoms with Gasteiger partial charge >= 0.3 is 12.6 Å². The third-order valence-electron chi connectivity index (χ3n) is 2.95. The summed E-state index contributed by atoms with van der Waals surface area (Å²) >= 11 is 5.83. The molecule has 2 N–H and O–H groups in total. The number of carbonyl (C=O) groups is 1. The first-order chi connectivity index (χ1) is 10.9. The second kappa shape index (κ2) is 7.28. The summed E-state index contributed by atoms with van der Waals surface area (Å²) in [5.41, 5.74) is 1.31. The Kier molecular flexibility index (Phi) is 5.38. The van der Waals surface area contributed by atoms with E-state index in [-0.39, 0.29) is 12.3 Å². The van der Waals surface area contributed by atoms with Crippen molar-refractivity contribution in [2.24, 2.45) is 0 Å². The molecule has 9 heteroatoms. The number of alkyl halides is 2. The number of urea groups is 1. The molecule has 0 atom stereocenters. The van der Waals surface area contributed by atoms with Gasteiger partial charge in [-0.2, -0.15) is 8.78 Å². The van der Waals surface area contributed by atoms with Crippen LogP contribution in [0.2, 0.25) is 5.02 Å². The number of hydrogen-bond donors (Lipinski definition) is 2. The molecule has 0 radical (unpaired) electrons. The summed E-state index contributed by atoms with van der Waals surface area (Å²) in [5.74, 6) is 0.407. The third kappa shape index (κ3) is 4.56. The fourth-order valence-electron chi connectivity index (χ4n) is 1.89. The van der Waals surface area contributed by atoms with Gasteiger partial charge in [0.05, 0.1) is 0 Å². The monoisotopic (exact) mass is 345 g/mol. The second-order valence-corrected chi connectivity index (χ2v) is 5.07. The topological polar surface area (TPSA) is 76.4 Å². The largest absolute Gasteiger partial charge is 0.434 e. The molecule has 1 aromatic carbocycles. The number of aryl methyl sites for hydroxylation is 2. The van der Waals surface area contributed by atoms with E-state index in [0.717, 1.165) is 0 Å². The zero-order valence-electron chi connectivity index (χ0n) is 12.3. The molecule has 0 aliphatic rings. The Labute approximate surface area is 135 Å². The Morgan fingerprint density at radius 3 is 2.78 bits per heavy atom. The smallest absolute Gasteiger partial charge is 0.387 e. The summed E-state index contributed by atoms with van der Waals surface area (Å²) in [4.78, 5) is 11.9. The minimum Gasteiger partial charge on any atom is -0.434 e. The Hall–Kier alpha value is -2.35. The standard InChI is InChI=1S/C14H14ClF2N3O3/c1-7-12(8(2)23-20-7)19-14(21)18-6-9-5-10(15)3-4-11(9)22-13(16)17/h3-5,13H,6H2,1-2H3,(H2,18,19,21).